The van der Waals surface area contributed by atoms with Crippen molar-refractivity contribution in [1.82, 2.24) is 0 Å². The van der Waals surface area contributed by atoms with Crippen LogP contribution in [0.3, 0.4) is 0 Å². The lowest BCUT2D eigenvalue weighted by Gasteiger charge is -2.18. The Hall–Kier alpha value is -3.18. The average Bonchev–Trinajstić information content (AvgIpc) is 2.62. The highest BCUT2D eigenvalue weighted by Crippen LogP contribution is 2.37. The standard InChI is InChI=1S/C17H19N3O7S/c1-2-12(20(23)24)10-19-14-8-11(17(21)22)9-15(28(18,25)26)16(14)27-13-6-4-3-5-7-13/h3-9,12,19H,2,10H2,1H3,(H,21,22)(H2,18,25,26). The normalized spacial score (nSPS) is 12.2. The lowest BCUT2D eigenvalue weighted by Crippen LogP contribution is -2.27. The first-order valence-electron chi connectivity index (χ1n) is 8.18. The second kappa shape index (κ2) is 8.67. The summed E-state index contributed by atoms with van der Waals surface area (Å²) in [5, 5.41) is 28.3. The van der Waals surface area contributed by atoms with E-state index in [2.05, 4.69) is 5.32 Å². The maximum atomic E-state index is 12.0. The molecule has 2 aromatic rings. The van der Waals surface area contributed by atoms with Gasteiger partial charge in [-0.05, 0) is 24.3 Å². The SMILES string of the molecule is CCC(CNc1cc(C(=O)O)cc(S(N)(=O)=O)c1Oc1ccccc1)[N+](=O)[O-]. The zero-order valence-electron chi connectivity index (χ0n) is 14.9. The molecule has 0 aliphatic carbocycles. The lowest BCUT2D eigenvalue weighted by molar-refractivity contribution is -0.518. The van der Waals surface area contributed by atoms with Gasteiger partial charge in [0, 0.05) is 11.3 Å². The highest BCUT2D eigenvalue weighted by atomic mass is 32.2. The largest absolute Gasteiger partial charge is 0.478 e. The third-order valence-electron chi connectivity index (χ3n) is 3.87. The van der Waals surface area contributed by atoms with E-state index in [1.807, 2.05) is 0 Å². The fraction of sp³-hybridized carbons (Fsp3) is 0.235. The molecule has 28 heavy (non-hydrogen) atoms. The van der Waals surface area contributed by atoms with E-state index < -0.39 is 31.9 Å². The number of benzene rings is 2. The van der Waals surface area contributed by atoms with E-state index in [1.165, 1.54) is 0 Å². The van der Waals surface area contributed by atoms with Crippen LogP contribution in [0.25, 0.3) is 0 Å². The van der Waals surface area contributed by atoms with Crippen molar-refractivity contribution in [2.24, 2.45) is 5.14 Å². The smallest absolute Gasteiger partial charge is 0.335 e. The van der Waals surface area contributed by atoms with Crippen LogP contribution in [-0.2, 0) is 10.0 Å². The summed E-state index contributed by atoms with van der Waals surface area (Å²) < 4.78 is 29.7. The van der Waals surface area contributed by atoms with Gasteiger partial charge in [0.2, 0.25) is 16.1 Å². The lowest BCUT2D eigenvalue weighted by atomic mass is 10.1. The first-order chi connectivity index (χ1) is 13.1. The number of para-hydroxylation sites is 1. The molecule has 2 aromatic carbocycles. The molecule has 0 aliphatic rings. The Morgan fingerprint density at radius 1 is 1.32 bits per heavy atom. The number of primary sulfonamides is 1. The Morgan fingerprint density at radius 3 is 2.46 bits per heavy atom. The maximum absolute atomic E-state index is 12.0. The average molecular weight is 409 g/mol. The molecule has 11 heteroatoms. The number of rotatable bonds is 9. The predicted octanol–water partition coefficient (Wildman–Crippen LogP) is 2.29. The van der Waals surface area contributed by atoms with E-state index in [0.29, 0.717) is 0 Å². The second-order valence-corrected chi connectivity index (χ2v) is 7.37. The van der Waals surface area contributed by atoms with Gasteiger partial charge in [0.15, 0.2) is 5.75 Å². The van der Waals surface area contributed by atoms with E-state index in [-0.39, 0.29) is 35.7 Å². The molecule has 0 amide bonds. The number of hydrogen-bond acceptors (Lipinski definition) is 7. The number of carboxylic acid groups (broad SMARTS) is 1. The molecule has 0 radical (unpaired) electrons. The molecule has 0 heterocycles. The van der Waals surface area contributed by atoms with Crippen LogP contribution in [-0.4, -0.2) is 37.0 Å². The zero-order chi connectivity index (χ0) is 20.9. The monoisotopic (exact) mass is 409 g/mol. The van der Waals surface area contributed by atoms with Gasteiger partial charge in [-0.3, -0.25) is 10.1 Å². The summed E-state index contributed by atoms with van der Waals surface area (Å²) in [7, 11) is -4.35. The number of ether oxygens (including phenoxy) is 1. The van der Waals surface area contributed by atoms with Crippen molar-refractivity contribution in [3.05, 3.63) is 58.1 Å². The second-order valence-electron chi connectivity index (χ2n) is 5.84. The first kappa shape index (κ1) is 21.1. The molecule has 1 unspecified atom stereocenters. The van der Waals surface area contributed by atoms with E-state index in [9.17, 15) is 28.4 Å². The third kappa shape index (κ3) is 5.18. The van der Waals surface area contributed by atoms with Gasteiger partial charge in [0.1, 0.15) is 10.6 Å². The number of carbonyl (C=O) groups is 1. The molecular weight excluding hydrogens is 390 g/mol. The summed E-state index contributed by atoms with van der Waals surface area (Å²) in [5.41, 5.74) is -0.394. The predicted molar refractivity (Wildman–Crippen MR) is 101 cm³/mol. The number of nitrogens with zero attached hydrogens (tertiary/aromatic N) is 1. The van der Waals surface area contributed by atoms with Gasteiger partial charge < -0.3 is 15.2 Å². The highest BCUT2D eigenvalue weighted by molar-refractivity contribution is 7.89. The minimum absolute atomic E-state index is 0.0342. The Kier molecular flexibility index (Phi) is 6.54. The molecule has 10 nitrogen and oxygen atoms in total. The van der Waals surface area contributed by atoms with Crippen LogP contribution in [0.2, 0.25) is 0 Å². The minimum atomic E-state index is -4.35. The van der Waals surface area contributed by atoms with E-state index in [0.717, 1.165) is 12.1 Å². The van der Waals surface area contributed by atoms with Gasteiger partial charge in [-0.1, -0.05) is 25.1 Å². The summed E-state index contributed by atoms with van der Waals surface area (Å²) in [6.07, 6.45) is 0.218. The number of aromatic carboxylic acids is 1. The topological polar surface area (TPSA) is 162 Å². The molecule has 0 aliphatic heterocycles. The van der Waals surface area contributed by atoms with Gasteiger partial charge in [-0.25, -0.2) is 18.4 Å². The van der Waals surface area contributed by atoms with Gasteiger partial charge in [0.25, 0.3) is 0 Å². The first-order valence-corrected chi connectivity index (χ1v) is 9.72. The minimum Gasteiger partial charge on any atom is -0.478 e. The number of hydrogen-bond donors (Lipinski definition) is 3. The molecule has 0 aromatic heterocycles. The summed E-state index contributed by atoms with van der Waals surface area (Å²) in [5.74, 6) is -1.35. The summed E-state index contributed by atoms with van der Waals surface area (Å²) in [6, 6.07) is 9.23. The van der Waals surface area contributed by atoms with Crippen molar-refractivity contribution in [3.63, 3.8) is 0 Å². The Morgan fingerprint density at radius 2 is 1.96 bits per heavy atom. The number of nitro groups is 1. The van der Waals surface area contributed by atoms with Crippen molar-refractivity contribution < 1.29 is 28.0 Å². The summed E-state index contributed by atoms with van der Waals surface area (Å²) >= 11 is 0. The van der Waals surface area contributed by atoms with Crippen LogP contribution >= 0.6 is 0 Å². The molecule has 0 spiro atoms. The maximum Gasteiger partial charge on any atom is 0.335 e. The zero-order valence-corrected chi connectivity index (χ0v) is 15.7. The van der Waals surface area contributed by atoms with Crippen LogP contribution in [0, 0.1) is 10.1 Å². The molecule has 150 valence electrons. The van der Waals surface area contributed by atoms with Crippen LogP contribution < -0.4 is 15.2 Å². The summed E-state index contributed by atoms with van der Waals surface area (Å²) in [6.45, 7) is 1.46. The quantitative estimate of drug-likeness (QED) is 0.420. The Balaban J connectivity index is 2.59. The van der Waals surface area contributed by atoms with E-state index in [4.69, 9.17) is 9.88 Å². The molecule has 1 atom stereocenters. The molecule has 0 saturated heterocycles. The molecule has 0 bridgehead atoms. The highest BCUT2D eigenvalue weighted by Gasteiger charge is 2.25. The molecule has 2 rings (SSSR count). The fourth-order valence-corrected chi connectivity index (χ4v) is 3.08. The van der Waals surface area contributed by atoms with Crippen LogP contribution in [0.1, 0.15) is 23.7 Å². The van der Waals surface area contributed by atoms with E-state index in [1.54, 1.807) is 37.3 Å². The molecule has 4 N–H and O–H groups in total. The third-order valence-corrected chi connectivity index (χ3v) is 4.79. The van der Waals surface area contributed by atoms with Gasteiger partial charge in [-0.15, -0.1) is 0 Å². The van der Waals surface area contributed by atoms with Crippen LogP contribution in [0.15, 0.2) is 47.4 Å². The molecular formula is C17H19N3O7S. The number of nitrogens with two attached hydrogens (primary N) is 1. The van der Waals surface area contributed by atoms with Gasteiger partial charge in [-0.2, -0.15) is 0 Å². The molecule has 0 fully saturated rings. The van der Waals surface area contributed by atoms with Crippen molar-refractivity contribution in [3.8, 4) is 11.5 Å². The van der Waals surface area contributed by atoms with Gasteiger partial charge >= 0.3 is 5.97 Å². The van der Waals surface area contributed by atoms with Crippen molar-refractivity contribution in [2.75, 3.05) is 11.9 Å². The van der Waals surface area contributed by atoms with Crippen LogP contribution in [0.5, 0.6) is 11.5 Å². The number of anilines is 1. The Labute approximate surface area is 161 Å². The molecule has 0 saturated carbocycles. The van der Waals surface area contributed by atoms with E-state index >= 15 is 0 Å². The van der Waals surface area contributed by atoms with Gasteiger partial charge in [0.05, 0.1) is 17.8 Å². The van der Waals surface area contributed by atoms with Crippen molar-refractivity contribution in [1.29, 1.82) is 0 Å². The van der Waals surface area contributed by atoms with Crippen LogP contribution in [0.4, 0.5) is 5.69 Å². The summed E-state index contributed by atoms with van der Waals surface area (Å²) in [4.78, 5) is 21.4. The fourth-order valence-electron chi connectivity index (χ4n) is 2.38. The van der Waals surface area contributed by atoms with Crippen molar-refractivity contribution >= 4 is 21.7 Å². The van der Waals surface area contributed by atoms with Crippen molar-refractivity contribution in [2.45, 2.75) is 24.3 Å². The Bertz CT molecular complexity index is 978. The number of sulfonamides is 1. The number of carboxylic acids is 1. The number of nitrogens with one attached hydrogen (secondary N) is 1.